The van der Waals surface area contributed by atoms with Crippen LogP contribution in [0.3, 0.4) is 0 Å². The predicted molar refractivity (Wildman–Crippen MR) is 69.7 cm³/mol. The van der Waals surface area contributed by atoms with Crippen molar-refractivity contribution in [2.45, 2.75) is 52.4 Å². The van der Waals surface area contributed by atoms with Gasteiger partial charge in [-0.05, 0) is 67.4 Å². The second-order valence-electron chi connectivity index (χ2n) is 5.42. The van der Waals surface area contributed by atoms with Crippen molar-refractivity contribution in [2.75, 3.05) is 0 Å². The highest BCUT2D eigenvalue weighted by Crippen LogP contribution is 2.50. The van der Waals surface area contributed by atoms with Crippen LogP contribution in [-0.4, -0.2) is 0 Å². The van der Waals surface area contributed by atoms with E-state index in [1.807, 2.05) is 0 Å². The van der Waals surface area contributed by atoms with E-state index in [2.05, 4.69) is 32.9 Å². The maximum Gasteiger partial charge on any atom is 0.00346 e. The van der Waals surface area contributed by atoms with E-state index in [9.17, 15) is 0 Å². The minimum Gasteiger partial charge on any atom is -0.0591 e. The predicted octanol–water partition coefficient (Wildman–Crippen LogP) is 4.75. The summed E-state index contributed by atoms with van der Waals surface area (Å²) in [5, 5.41) is 0. The van der Waals surface area contributed by atoms with Gasteiger partial charge in [-0.15, -0.1) is 0 Å². The highest BCUT2D eigenvalue weighted by molar-refractivity contribution is 5.81. The Balaban J connectivity index is 2.26. The van der Waals surface area contributed by atoms with Crippen molar-refractivity contribution >= 4 is 5.57 Å². The van der Waals surface area contributed by atoms with Crippen molar-refractivity contribution < 1.29 is 0 Å². The van der Waals surface area contributed by atoms with Gasteiger partial charge in [-0.3, -0.25) is 0 Å². The van der Waals surface area contributed by atoms with E-state index in [0.717, 1.165) is 0 Å². The minimum absolute atomic E-state index is 0.685. The van der Waals surface area contributed by atoms with Crippen molar-refractivity contribution in [1.29, 1.82) is 0 Å². The minimum atomic E-state index is 0.685. The molecule has 2 aliphatic carbocycles. The van der Waals surface area contributed by atoms with Gasteiger partial charge in [0.15, 0.2) is 0 Å². The normalized spacial score (nSPS) is 23.3. The maximum atomic E-state index is 2.40. The lowest BCUT2D eigenvalue weighted by molar-refractivity contribution is 0.684. The molecule has 1 atom stereocenters. The van der Waals surface area contributed by atoms with Crippen molar-refractivity contribution in [1.82, 2.24) is 0 Å². The van der Waals surface area contributed by atoms with Gasteiger partial charge in [0.05, 0.1) is 0 Å². The van der Waals surface area contributed by atoms with Gasteiger partial charge in [0.1, 0.15) is 0 Å². The molecular formula is C16H20. The Bertz CT molecular complexity index is 477. The van der Waals surface area contributed by atoms with Gasteiger partial charge in [-0.2, -0.15) is 0 Å². The number of rotatable bonds is 0. The Hall–Kier alpha value is -1.04. The summed E-state index contributed by atoms with van der Waals surface area (Å²) in [6.45, 7) is 6.95. The monoisotopic (exact) mass is 212 g/mol. The lowest BCUT2D eigenvalue weighted by Crippen LogP contribution is -1.98. The fourth-order valence-corrected chi connectivity index (χ4v) is 3.66. The Morgan fingerprint density at radius 2 is 1.69 bits per heavy atom. The Morgan fingerprint density at radius 3 is 2.50 bits per heavy atom. The van der Waals surface area contributed by atoms with Gasteiger partial charge in [-0.25, -0.2) is 0 Å². The molecule has 0 saturated carbocycles. The second-order valence-corrected chi connectivity index (χ2v) is 5.42. The number of fused-ring (bicyclic) bond motifs is 2. The fourth-order valence-electron chi connectivity index (χ4n) is 3.66. The maximum absolute atomic E-state index is 2.40. The second kappa shape index (κ2) is 3.48. The van der Waals surface area contributed by atoms with E-state index >= 15 is 0 Å². The number of aryl methyl sites for hydroxylation is 2. The molecule has 0 heterocycles. The molecule has 0 heteroatoms. The molecule has 0 saturated heterocycles. The average Bonchev–Trinajstić information content (AvgIpc) is 2.60. The van der Waals surface area contributed by atoms with Crippen molar-refractivity contribution in [2.24, 2.45) is 0 Å². The van der Waals surface area contributed by atoms with Crippen LogP contribution in [0.2, 0.25) is 0 Å². The first kappa shape index (κ1) is 10.1. The van der Waals surface area contributed by atoms with Crippen LogP contribution in [0.1, 0.15) is 60.8 Å². The molecule has 0 spiro atoms. The Kier molecular flexibility index (Phi) is 2.20. The van der Waals surface area contributed by atoms with Crippen LogP contribution in [0.15, 0.2) is 17.7 Å². The summed E-state index contributed by atoms with van der Waals surface area (Å²) in [5.41, 5.74) is 9.67. The van der Waals surface area contributed by atoms with E-state index in [1.54, 1.807) is 22.3 Å². The van der Waals surface area contributed by atoms with Gasteiger partial charge >= 0.3 is 0 Å². The van der Waals surface area contributed by atoms with E-state index in [-0.39, 0.29) is 0 Å². The van der Waals surface area contributed by atoms with Crippen molar-refractivity contribution in [3.63, 3.8) is 0 Å². The van der Waals surface area contributed by atoms with E-state index in [4.69, 9.17) is 0 Å². The zero-order chi connectivity index (χ0) is 11.3. The molecule has 0 aromatic heterocycles. The summed E-state index contributed by atoms with van der Waals surface area (Å²) in [5.74, 6) is 0.685. The lowest BCUT2D eigenvalue weighted by Gasteiger charge is -2.17. The van der Waals surface area contributed by atoms with Gasteiger partial charge in [-0.1, -0.05) is 24.6 Å². The third-order valence-electron chi connectivity index (χ3n) is 4.44. The molecule has 1 unspecified atom stereocenters. The van der Waals surface area contributed by atoms with Crippen LogP contribution < -0.4 is 0 Å². The standard InChI is InChI=1S/C16H20/c1-10-8-9-11(2)16-14-7-5-4-6-13(14)12(3)15(10)16/h8-9,12H,4-7H2,1-3H3. The first-order valence-corrected chi connectivity index (χ1v) is 6.52. The van der Waals surface area contributed by atoms with Gasteiger partial charge in [0, 0.05) is 5.92 Å². The average molecular weight is 212 g/mol. The fraction of sp³-hybridized carbons (Fsp3) is 0.500. The topological polar surface area (TPSA) is 0 Å². The lowest BCUT2D eigenvalue weighted by atomic mass is 9.88. The summed E-state index contributed by atoms with van der Waals surface area (Å²) in [6, 6.07) is 4.59. The van der Waals surface area contributed by atoms with Crippen LogP contribution in [-0.2, 0) is 0 Å². The van der Waals surface area contributed by atoms with Gasteiger partial charge in [0.2, 0.25) is 0 Å². The van der Waals surface area contributed by atoms with E-state index < -0.39 is 0 Å². The molecule has 16 heavy (non-hydrogen) atoms. The van der Waals surface area contributed by atoms with Gasteiger partial charge < -0.3 is 0 Å². The van der Waals surface area contributed by atoms with Crippen LogP contribution in [0.5, 0.6) is 0 Å². The molecule has 0 nitrogen and oxygen atoms in total. The molecule has 0 amide bonds. The van der Waals surface area contributed by atoms with Crippen LogP contribution in [0, 0.1) is 13.8 Å². The summed E-state index contributed by atoms with van der Waals surface area (Å²) in [6.07, 6.45) is 5.44. The largest absolute Gasteiger partial charge is 0.0591 e. The number of hydrogen-bond donors (Lipinski definition) is 0. The summed E-state index contributed by atoms with van der Waals surface area (Å²) >= 11 is 0. The zero-order valence-electron chi connectivity index (χ0n) is 10.6. The van der Waals surface area contributed by atoms with E-state index in [0.29, 0.717) is 5.92 Å². The molecule has 0 bridgehead atoms. The Morgan fingerprint density at radius 1 is 1.00 bits per heavy atom. The molecule has 0 aliphatic heterocycles. The van der Waals surface area contributed by atoms with Gasteiger partial charge in [0.25, 0.3) is 0 Å². The SMILES string of the molecule is Cc1ccc(C)c2c1C1=C(CCCC1)C2C. The molecule has 84 valence electrons. The third-order valence-corrected chi connectivity index (χ3v) is 4.44. The van der Waals surface area contributed by atoms with E-state index in [1.165, 1.54) is 36.8 Å². The molecule has 0 fully saturated rings. The van der Waals surface area contributed by atoms with Crippen LogP contribution in [0.25, 0.3) is 5.57 Å². The zero-order valence-corrected chi connectivity index (χ0v) is 10.6. The highest BCUT2D eigenvalue weighted by Gasteiger charge is 2.31. The van der Waals surface area contributed by atoms with Crippen LogP contribution in [0.4, 0.5) is 0 Å². The molecule has 3 rings (SSSR count). The summed E-state index contributed by atoms with van der Waals surface area (Å²) in [7, 11) is 0. The summed E-state index contributed by atoms with van der Waals surface area (Å²) in [4.78, 5) is 0. The number of benzene rings is 1. The third kappa shape index (κ3) is 1.22. The van der Waals surface area contributed by atoms with Crippen molar-refractivity contribution in [3.8, 4) is 0 Å². The Labute approximate surface area is 98.4 Å². The number of allylic oxidation sites excluding steroid dienone is 2. The smallest absolute Gasteiger partial charge is 0.00346 e. The molecule has 2 aliphatic rings. The molecule has 1 aromatic rings. The first-order chi connectivity index (χ1) is 7.70. The summed E-state index contributed by atoms with van der Waals surface area (Å²) < 4.78 is 0. The first-order valence-electron chi connectivity index (χ1n) is 6.52. The van der Waals surface area contributed by atoms with Crippen LogP contribution >= 0.6 is 0 Å². The van der Waals surface area contributed by atoms with Crippen molar-refractivity contribution in [3.05, 3.63) is 40.0 Å². The quantitative estimate of drug-likeness (QED) is 0.582. The molecule has 0 radical (unpaired) electrons. The molecule has 1 aromatic carbocycles. The molecular weight excluding hydrogens is 192 g/mol. The highest BCUT2D eigenvalue weighted by atomic mass is 14.4. The number of hydrogen-bond acceptors (Lipinski definition) is 0. The molecule has 0 N–H and O–H groups in total.